The number of alkyl halides is 3. The molecule has 3 aliphatic rings. The van der Waals surface area contributed by atoms with Crippen LogP contribution in [0.2, 0.25) is 25.7 Å². The van der Waals surface area contributed by atoms with Crippen molar-refractivity contribution >= 4 is 14.0 Å². The van der Waals surface area contributed by atoms with Gasteiger partial charge < -0.3 is 9.84 Å². The van der Waals surface area contributed by atoms with Gasteiger partial charge in [-0.05, 0) is 88.5 Å². The Morgan fingerprint density at radius 3 is 2.34 bits per heavy atom. The molecule has 0 aromatic heterocycles. The van der Waals surface area contributed by atoms with Crippen LogP contribution in [0.4, 0.5) is 13.2 Å². The van der Waals surface area contributed by atoms with Crippen LogP contribution in [0.25, 0.3) is 0 Å². The molecule has 1 N–H and O–H groups in total. The second-order valence-corrected chi connectivity index (χ2v) is 18.1. The van der Waals surface area contributed by atoms with Gasteiger partial charge in [-0.15, -0.1) is 0 Å². The van der Waals surface area contributed by atoms with Crippen molar-refractivity contribution in [3.8, 4) is 0 Å². The number of hydrogen-bond acceptors (Lipinski definition) is 3. The maximum absolute atomic E-state index is 13.1. The van der Waals surface area contributed by atoms with Crippen LogP contribution in [0.5, 0.6) is 0 Å². The van der Waals surface area contributed by atoms with Gasteiger partial charge in [0.2, 0.25) is 0 Å². The van der Waals surface area contributed by atoms with Crippen LogP contribution in [0.3, 0.4) is 0 Å². The highest BCUT2D eigenvalue weighted by Crippen LogP contribution is 2.63. The number of halogens is 3. The summed E-state index contributed by atoms with van der Waals surface area (Å²) in [6.07, 6.45) is 0.657. The molecule has 0 saturated heterocycles. The second kappa shape index (κ2) is 8.44. The van der Waals surface area contributed by atoms with Gasteiger partial charge >= 0.3 is 12.1 Å². The number of carbonyl (C=O) groups excluding carboxylic acids is 1. The molecule has 0 aromatic carbocycles. The fourth-order valence-corrected chi connectivity index (χ4v) is 9.95. The molecule has 184 valence electrons. The van der Waals surface area contributed by atoms with E-state index in [1.54, 1.807) is 6.92 Å². The fraction of sp³-hybridized carbons (Fsp3) is 0.880. The highest BCUT2D eigenvalue weighted by molar-refractivity contribution is 6.76. The molecule has 3 nitrogen and oxygen atoms in total. The normalized spacial score (nSPS) is 42.1. The van der Waals surface area contributed by atoms with E-state index in [9.17, 15) is 23.1 Å². The summed E-state index contributed by atoms with van der Waals surface area (Å²) in [7, 11) is -1.61. The van der Waals surface area contributed by atoms with Crippen LogP contribution in [0, 0.1) is 35.5 Å². The third-order valence-electron chi connectivity index (χ3n) is 8.42. The van der Waals surface area contributed by atoms with Crippen LogP contribution in [-0.2, 0) is 9.53 Å². The predicted molar refractivity (Wildman–Crippen MR) is 123 cm³/mol. The predicted octanol–water partition coefficient (Wildman–Crippen LogP) is 6.59. The van der Waals surface area contributed by atoms with Crippen molar-refractivity contribution in [1.82, 2.24) is 0 Å². The van der Waals surface area contributed by atoms with Crippen molar-refractivity contribution in [3.05, 3.63) is 11.6 Å². The van der Waals surface area contributed by atoms with E-state index in [-0.39, 0.29) is 23.7 Å². The van der Waals surface area contributed by atoms with E-state index in [1.807, 2.05) is 0 Å². The van der Waals surface area contributed by atoms with Crippen molar-refractivity contribution in [2.24, 2.45) is 35.5 Å². The second-order valence-electron chi connectivity index (χ2n) is 12.6. The zero-order valence-corrected chi connectivity index (χ0v) is 21.7. The zero-order valence-electron chi connectivity index (χ0n) is 20.7. The summed E-state index contributed by atoms with van der Waals surface area (Å²) >= 11 is 0. The standard InChI is InChI=1S/C25H41F3O3Si/c1-15(2)12-17-13-16(3)18-8-10-23(4,31-22(29)25(26,27)28)19-9-11-24(30,14-32(5,6)7)21(17)20(18)19/h12,16-21,30H,8-11,13-14H2,1-7H3/t16-,17-,18+,19-,20+,21-,23+,24-/m0/s1. The number of hydrogen-bond donors (Lipinski definition) is 1. The molecule has 0 unspecified atom stereocenters. The molecule has 3 aliphatic carbocycles. The summed E-state index contributed by atoms with van der Waals surface area (Å²) < 4.78 is 44.5. The Morgan fingerprint density at radius 1 is 1.19 bits per heavy atom. The van der Waals surface area contributed by atoms with E-state index >= 15 is 0 Å². The number of ether oxygens (including phenoxy) is 1. The molecule has 3 saturated carbocycles. The minimum absolute atomic E-state index is 0.00621. The molecule has 7 heteroatoms. The van der Waals surface area contributed by atoms with Gasteiger partial charge in [-0.25, -0.2) is 4.79 Å². The number of allylic oxidation sites excluding steroid dienone is 2. The molecule has 0 bridgehead atoms. The minimum Gasteiger partial charge on any atom is -0.452 e. The molecule has 0 amide bonds. The topological polar surface area (TPSA) is 46.5 Å². The summed E-state index contributed by atoms with van der Waals surface area (Å²) in [5.74, 6) is -1.21. The average molecular weight is 475 g/mol. The Bertz CT molecular complexity index is 755. The Kier molecular flexibility index (Phi) is 6.80. The molecule has 0 heterocycles. The summed E-state index contributed by atoms with van der Waals surface area (Å²) in [5, 5.41) is 12.1. The average Bonchev–Trinajstić information content (AvgIpc) is 2.57. The zero-order chi connectivity index (χ0) is 24.3. The lowest BCUT2D eigenvalue weighted by atomic mass is 9.45. The van der Waals surface area contributed by atoms with Crippen molar-refractivity contribution in [2.45, 2.75) is 103 Å². The monoisotopic (exact) mass is 474 g/mol. The van der Waals surface area contributed by atoms with E-state index in [4.69, 9.17) is 4.74 Å². The van der Waals surface area contributed by atoms with Crippen molar-refractivity contribution in [2.75, 3.05) is 0 Å². The van der Waals surface area contributed by atoms with E-state index in [2.05, 4.69) is 46.5 Å². The van der Waals surface area contributed by atoms with E-state index < -0.39 is 31.4 Å². The maximum Gasteiger partial charge on any atom is 0.490 e. The summed E-state index contributed by atoms with van der Waals surface area (Å²) in [4.78, 5) is 11.8. The summed E-state index contributed by atoms with van der Waals surface area (Å²) in [5.41, 5.74) is -0.744. The first-order chi connectivity index (χ1) is 14.5. The highest BCUT2D eigenvalue weighted by atomic mass is 28.3. The van der Waals surface area contributed by atoms with Gasteiger partial charge in [0, 0.05) is 14.0 Å². The molecular formula is C25H41F3O3Si. The van der Waals surface area contributed by atoms with E-state index in [1.165, 1.54) is 5.57 Å². The quantitative estimate of drug-likeness (QED) is 0.284. The molecule has 3 rings (SSSR count). The lowest BCUT2D eigenvalue weighted by Gasteiger charge is -2.63. The molecule has 3 fully saturated rings. The Labute approximate surface area is 192 Å². The first-order valence-electron chi connectivity index (χ1n) is 12.1. The number of esters is 1. The summed E-state index contributed by atoms with van der Waals surface area (Å²) in [6, 6.07) is 0.793. The van der Waals surface area contributed by atoms with Crippen LogP contribution >= 0.6 is 0 Å². The fourth-order valence-electron chi connectivity index (χ4n) is 7.70. The van der Waals surface area contributed by atoms with Crippen molar-refractivity contribution < 1.29 is 27.8 Å². The van der Waals surface area contributed by atoms with Gasteiger partial charge in [-0.1, -0.05) is 38.2 Å². The smallest absolute Gasteiger partial charge is 0.452 e. The first-order valence-corrected chi connectivity index (χ1v) is 15.9. The molecule has 8 atom stereocenters. The Hall–Kier alpha value is -0.823. The number of aliphatic hydroxyl groups is 1. The molecule has 0 spiro atoms. The van der Waals surface area contributed by atoms with Crippen LogP contribution < -0.4 is 0 Å². The summed E-state index contributed by atoms with van der Waals surface area (Å²) in [6.45, 7) is 14.9. The SMILES string of the molecule is CC(C)=C[C@H]1C[C@H](C)[C@H]2CC[C@@](C)(OC(=O)C(F)(F)F)[C@H]3CC[C@](O)(C[Si](C)(C)C)[C@@H]1[C@H]23. The molecule has 0 radical (unpaired) electrons. The van der Waals surface area contributed by atoms with Crippen molar-refractivity contribution in [1.29, 1.82) is 0 Å². The van der Waals surface area contributed by atoms with Gasteiger partial charge in [0.1, 0.15) is 5.60 Å². The maximum atomic E-state index is 13.1. The van der Waals surface area contributed by atoms with E-state index in [0.29, 0.717) is 31.1 Å². The van der Waals surface area contributed by atoms with Crippen molar-refractivity contribution in [3.63, 3.8) is 0 Å². The largest absolute Gasteiger partial charge is 0.490 e. The van der Waals surface area contributed by atoms with Gasteiger partial charge in [-0.2, -0.15) is 13.2 Å². The van der Waals surface area contributed by atoms with Gasteiger partial charge in [0.15, 0.2) is 0 Å². The Morgan fingerprint density at radius 2 is 1.81 bits per heavy atom. The first kappa shape index (κ1) is 25.8. The highest BCUT2D eigenvalue weighted by Gasteiger charge is 2.63. The molecule has 0 aliphatic heterocycles. The molecular weight excluding hydrogens is 433 g/mol. The van der Waals surface area contributed by atoms with Crippen LogP contribution in [0.15, 0.2) is 11.6 Å². The van der Waals surface area contributed by atoms with E-state index in [0.717, 1.165) is 18.9 Å². The third kappa shape index (κ3) is 4.98. The lowest BCUT2D eigenvalue weighted by molar-refractivity contribution is -0.242. The molecule has 0 aromatic rings. The van der Waals surface area contributed by atoms with Gasteiger partial charge in [0.05, 0.1) is 5.60 Å². The minimum atomic E-state index is -4.99. The van der Waals surface area contributed by atoms with Crippen LogP contribution in [-0.4, -0.2) is 36.5 Å². The number of carbonyl (C=O) groups is 1. The lowest BCUT2D eigenvalue weighted by Crippen LogP contribution is -2.64. The van der Waals surface area contributed by atoms with Crippen LogP contribution in [0.1, 0.15) is 59.8 Å². The Balaban J connectivity index is 2.05. The van der Waals surface area contributed by atoms with Gasteiger partial charge in [0.25, 0.3) is 0 Å². The van der Waals surface area contributed by atoms with Gasteiger partial charge in [-0.3, -0.25) is 0 Å². The third-order valence-corrected chi connectivity index (χ3v) is 10.1. The molecule has 32 heavy (non-hydrogen) atoms. The number of rotatable bonds is 4.